The van der Waals surface area contributed by atoms with Crippen LogP contribution in [0.2, 0.25) is 0 Å². The summed E-state index contributed by atoms with van der Waals surface area (Å²) in [6.07, 6.45) is 0. The van der Waals surface area contributed by atoms with E-state index >= 15 is 0 Å². The molecule has 0 bridgehead atoms. The van der Waals surface area contributed by atoms with Crippen LogP contribution >= 0.6 is 22.7 Å². The second-order valence-electron chi connectivity index (χ2n) is 4.55. The van der Waals surface area contributed by atoms with Crippen LogP contribution in [0.3, 0.4) is 0 Å². The van der Waals surface area contributed by atoms with Crippen molar-refractivity contribution >= 4 is 33.7 Å². The van der Waals surface area contributed by atoms with Crippen LogP contribution in [0.15, 0.2) is 17.5 Å². The number of nitrogens with one attached hydrogen (secondary N) is 1. The molecule has 2 heterocycles. The minimum atomic E-state index is -0.0601. The Morgan fingerprint density at radius 2 is 2.25 bits per heavy atom. The van der Waals surface area contributed by atoms with Crippen molar-refractivity contribution in [3.05, 3.63) is 27.4 Å². The molecule has 2 aromatic rings. The van der Waals surface area contributed by atoms with E-state index in [0.717, 1.165) is 6.54 Å². The van der Waals surface area contributed by atoms with Gasteiger partial charge in [-0.15, -0.1) is 21.5 Å². The van der Waals surface area contributed by atoms with E-state index in [9.17, 15) is 4.79 Å². The highest BCUT2D eigenvalue weighted by Gasteiger charge is 2.23. The average molecular weight is 310 g/mol. The number of hydrogen-bond donors (Lipinski definition) is 1. The van der Waals surface area contributed by atoms with E-state index in [0.29, 0.717) is 16.7 Å². The number of anilines is 1. The third-order valence-electron chi connectivity index (χ3n) is 2.73. The minimum Gasteiger partial charge on any atom is -0.360 e. The molecule has 2 aromatic heterocycles. The van der Waals surface area contributed by atoms with Gasteiger partial charge in [0.25, 0.3) is 5.91 Å². The Kier molecular flexibility index (Phi) is 5.08. The molecule has 1 amide bonds. The average Bonchev–Trinajstić information content (AvgIpc) is 3.06. The number of carbonyl (C=O) groups is 1. The lowest BCUT2D eigenvalue weighted by atomic mass is 10.3. The third-order valence-corrected chi connectivity index (χ3v) is 4.46. The Morgan fingerprint density at radius 1 is 1.45 bits per heavy atom. The lowest BCUT2D eigenvalue weighted by molar-refractivity contribution is 0.0691. The van der Waals surface area contributed by atoms with Gasteiger partial charge in [0.2, 0.25) is 10.1 Å². The predicted octanol–water partition coefficient (Wildman–Crippen LogP) is 3.08. The van der Waals surface area contributed by atoms with Gasteiger partial charge in [0.15, 0.2) is 0 Å². The summed E-state index contributed by atoms with van der Waals surface area (Å²) in [7, 11) is 0. The van der Waals surface area contributed by atoms with Crippen LogP contribution in [0.4, 0.5) is 5.13 Å². The Bertz CT molecular complexity index is 550. The zero-order valence-electron chi connectivity index (χ0n) is 11.8. The molecule has 0 radical (unpaired) electrons. The monoisotopic (exact) mass is 310 g/mol. The third kappa shape index (κ3) is 3.55. The SMILES string of the molecule is CCNc1nnc(C(=O)N(Cc2cccs2)C(C)C)s1. The largest absolute Gasteiger partial charge is 0.360 e. The normalized spacial score (nSPS) is 10.8. The second-order valence-corrected chi connectivity index (χ2v) is 6.56. The number of rotatable bonds is 6. The molecule has 0 saturated heterocycles. The zero-order valence-corrected chi connectivity index (χ0v) is 13.4. The van der Waals surface area contributed by atoms with E-state index in [1.165, 1.54) is 16.2 Å². The summed E-state index contributed by atoms with van der Waals surface area (Å²) in [5, 5.41) is 14.2. The summed E-state index contributed by atoms with van der Waals surface area (Å²) in [4.78, 5) is 15.5. The molecule has 0 saturated carbocycles. The van der Waals surface area contributed by atoms with Crippen LogP contribution < -0.4 is 5.32 Å². The molecule has 5 nitrogen and oxygen atoms in total. The molecule has 108 valence electrons. The molecular weight excluding hydrogens is 292 g/mol. The Balaban J connectivity index is 2.13. The number of carbonyl (C=O) groups excluding carboxylic acids is 1. The van der Waals surface area contributed by atoms with E-state index < -0.39 is 0 Å². The van der Waals surface area contributed by atoms with E-state index in [2.05, 4.69) is 15.5 Å². The molecule has 7 heteroatoms. The van der Waals surface area contributed by atoms with Gasteiger partial charge < -0.3 is 10.2 Å². The summed E-state index contributed by atoms with van der Waals surface area (Å²) in [5.41, 5.74) is 0. The first-order valence-corrected chi connectivity index (χ1v) is 8.22. The number of amides is 1. The van der Waals surface area contributed by atoms with Crippen molar-refractivity contribution in [3.8, 4) is 0 Å². The van der Waals surface area contributed by atoms with Crippen molar-refractivity contribution in [3.63, 3.8) is 0 Å². The predicted molar refractivity (Wildman–Crippen MR) is 83.4 cm³/mol. The molecule has 2 rings (SSSR count). The molecule has 0 atom stereocenters. The lowest BCUT2D eigenvalue weighted by Gasteiger charge is -2.25. The van der Waals surface area contributed by atoms with Crippen LogP contribution in [0.1, 0.15) is 35.5 Å². The van der Waals surface area contributed by atoms with Crippen molar-refractivity contribution in [2.24, 2.45) is 0 Å². The van der Waals surface area contributed by atoms with Crippen molar-refractivity contribution in [1.29, 1.82) is 0 Å². The van der Waals surface area contributed by atoms with Crippen LogP contribution in [-0.4, -0.2) is 33.6 Å². The maximum absolute atomic E-state index is 12.5. The maximum Gasteiger partial charge on any atom is 0.285 e. The van der Waals surface area contributed by atoms with Gasteiger partial charge in [-0.05, 0) is 32.2 Å². The highest BCUT2D eigenvalue weighted by molar-refractivity contribution is 7.17. The smallest absolute Gasteiger partial charge is 0.285 e. The Labute approximate surface area is 126 Å². The first-order valence-electron chi connectivity index (χ1n) is 6.52. The van der Waals surface area contributed by atoms with Gasteiger partial charge in [0, 0.05) is 17.5 Å². The maximum atomic E-state index is 12.5. The molecule has 0 aliphatic heterocycles. The van der Waals surface area contributed by atoms with E-state index in [-0.39, 0.29) is 11.9 Å². The van der Waals surface area contributed by atoms with Crippen molar-refractivity contribution < 1.29 is 4.79 Å². The topological polar surface area (TPSA) is 58.1 Å². The summed E-state index contributed by atoms with van der Waals surface area (Å²) in [6, 6.07) is 4.16. The van der Waals surface area contributed by atoms with Crippen LogP contribution in [0, 0.1) is 0 Å². The summed E-state index contributed by atoms with van der Waals surface area (Å²) < 4.78 is 0. The van der Waals surface area contributed by atoms with Crippen molar-refractivity contribution in [1.82, 2.24) is 15.1 Å². The van der Waals surface area contributed by atoms with E-state index in [4.69, 9.17) is 0 Å². The molecule has 0 unspecified atom stereocenters. The molecule has 20 heavy (non-hydrogen) atoms. The van der Waals surface area contributed by atoms with Crippen molar-refractivity contribution in [2.45, 2.75) is 33.4 Å². The van der Waals surface area contributed by atoms with Crippen LogP contribution in [0.5, 0.6) is 0 Å². The molecule has 0 aliphatic rings. The highest BCUT2D eigenvalue weighted by atomic mass is 32.1. The minimum absolute atomic E-state index is 0.0601. The number of nitrogens with zero attached hydrogens (tertiary/aromatic N) is 3. The number of aromatic nitrogens is 2. The van der Waals surface area contributed by atoms with Gasteiger partial charge in [-0.3, -0.25) is 4.79 Å². The Morgan fingerprint density at radius 3 is 2.85 bits per heavy atom. The van der Waals surface area contributed by atoms with Gasteiger partial charge in [-0.25, -0.2) is 0 Å². The molecular formula is C13H18N4OS2. The number of thiophene rings is 1. The fourth-order valence-electron chi connectivity index (χ4n) is 1.71. The molecule has 0 aromatic carbocycles. The van der Waals surface area contributed by atoms with Gasteiger partial charge in [0.05, 0.1) is 6.54 Å². The summed E-state index contributed by atoms with van der Waals surface area (Å²) >= 11 is 2.96. The molecule has 0 fully saturated rings. The van der Waals surface area contributed by atoms with E-state index in [1.807, 2.05) is 43.2 Å². The molecule has 0 aliphatic carbocycles. The summed E-state index contributed by atoms with van der Waals surface area (Å²) in [6.45, 7) is 7.39. The van der Waals surface area contributed by atoms with Gasteiger partial charge in [-0.1, -0.05) is 17.4 Å². The van der Waals surface area contributed by atoms with Gasteiger partial charge in [-0.2, -0.15) is 0 Å². The van der Waals surface area contributed by atoms with Crippen LogP contribution in [0.25, 0.3) is 0 Å². The van der Waals surface area contributed by atoms with E-state index in [1.54, 1.807) is 11.3 Å². The number of hydrogen-bond acceptors (Lipinski definition) is 6. The van der Waals surface area contributed by atoms with Gasteiger partial charge in [0.1, 0.15) is 0 Å². The zero-order chi connectivity index (χ0) is 14.5. The molecule has 0 spiro atoms. The first-order chi connectivity index (χ1) is 9.61. The van der Waals surface area contributed by atoms with Gasteiger partial charge >= 0.3 is 0 Å². The highest BCUT2D eigenvalue weighted by Crippen LogP contribution is 2.20. The van der Waals surface area contributed by atoms with Crippen LogP contribution in [-0.2, 0) is 6.54 Å². The molecule has 1 N–H and O–H groups in total. The fourth-order valence-corrected chi connectivity index (χ4v) is 3.18. The summed E-state index contributed by atoms with van der Waals surface area (Å²) in [5.74, 6) is -0.0601. The first kappa shape index (κ1) is 14.9. The fraction of sp³-hybridized carbons (Fsp3) is 0.462. The lowest BCUT2D eigenvalue weighted by Crippen LogP contribution is -2.36. The quantitative estimate of drug-likeness (QED) is 0.891. The second kappa shape index (κ2) is 6.81. The van der Waals surface area contributed by atoms with Crippen molar-refractivity contribution in [2.75, 3.05) is 11.9 Å². The Hall–Kier alpha value is -1.47. The standard InChI is InChI=1S/C13H18N4OS2/c1-4-14-13-16-15-11(20-13)12(18)17(9(2)3)8-10-6-5-7-19-10/h5-7,9H,4,8H2,1-3H3,(H,14,16).